The van der Waals surface area contributed by atoms with Crippen molar-refractivity contribution in [1.82, 2.24) is 24.8 Å². The highest BCUT2D eigenvalue weighted by Crippen LogP contribution is 2.36. The number of anilines is 1. The van der Waals surface area contributed by atoms with Crippen molar-refractivity contribution in [3.8, 4) is 0 Å². The molecule has 0 unspecified atom stereocenters. The van der Waals surface area contributed by atoms with Gasteiger partial charge in [-0.2, -0.15) is 0 Å². The van der Waals surface area contributed by atoms with Crippen molar-refractivity contribution in [3.05, 3.63) is 18.6 Å². The van der Waals surface area contributed by atoms with Crippen LogP contribution in [0.5, 0.6) is 0 Å². The Labute approximate surface area is 153 Å². The molecule has 26 heavy (non-hydrogen) atoms. The molecular formula is C18H26N6O2. The van der Waals surface area contributed by atoms with Crippen LogP contribution in [0.1, 0.15) is 19.3 Å². The van der Waals surface area contributed by atoms with Crippen LogP contribution in [0.25, 0.3) is 11.0 Å². The number of H-pyrrole nitrogens is 1. The van der Waals surface area contributed by atoms with Gasteiger partial charge in [0, 0.05) is 25.8 Å². The number of ether oxygens (including phenoxy) is 1. The summed E-state index contributed by atoms with van der Waals surface area (Å²) in [5.41, 5.74) is 0.856. The molecule has 1 N–H and O–H groups in total. The van der Waals surface area contributed by atoms with E-state index in [1.54, 1.807) is 6.33 Å². The number of carbonyl (C=O) groups is 1. The van der Waals surface area contributed by atoms with Crippen LogP contribution in [-0.2, 0) is 4.74 Å². The van der Waals surface area contributed by atoms with Crippen molar-refractivity contribution < 1.29 is 9.53 Å². The van der Waals surface area contributed by atoms with Crippen molar-refractivity contribution in [2.24, 2.45) is 0 Å². The first-order valence-corrected chi connectivity index (χ1v) is 9.28. The minimum Gasteiger partial charge on any atom is -0.448 e. The van der Waals surface area contributed by atoms with Crippen LogP contribution in [-0.4, -0.2) is 83.3 Å². The Morgan fingerprint density at radius 2 is 2.19 bits per heavy atom. The van der Waals surface area contributed by atoms with Gasteiger partial charge in [-0.25, -0.2) is 14.8 Å². The summed E-state index contributed by atoms with van der Waals surface area (Å²) in [4.78, 5) is 30.8. The summed E-state index contributed by atoms with van der Waals surface area (Å²) in [5.74, 6) is 0.964. The fourth-order valence-corrected chi connectivity index (χ4v) is 4.16. The number of nitrogens with zero attached hydrogens (tertiary/aromatic N) is 5. The molecule has 0 bridgehead atoms. The third kappa shape index (κ3) is 3.09. The lowest BCUT2D eigenvalue weighted by molar-refractivity contribution is 0.0681. The highest BCUT2D eigenvalue weighted by atomic mass is 16.6. The summed E-state index contributed by atoms with van der Waals surface area (Å²) < 4.78 is 5.50. The number of amides is 1. The van der Waals surface area contributed by atoms with Crippen molar-refractivity contribution in [2.45, 2.75) is 31.3 Å². The number of aromatic nitrogens is 3. The number of piperidine rings is 1. The predicted molar refractivity (Wildman–Crippen MR) is 99.3 cm³/mol. The molecule has 0 aromatic carbocycles. The smallest absolute Gasteiger partial charge is 0.410 e. The predicted octanol–water partition coefficient (Wildman–Crippen LogP) is 1.70. The molecule has 2 saturated heterocycles. The van der Waals surface area contributed by atoms with Gasteiger partial charge in [0.1, 0.15) is 24.4 Å². The van der Waals surface area contributed by atoms with E-state index in [1.165, 1.54) is 0 Å². The van der Waals surface area contributed by atoms with Crippen molar-refractivity contribution in [1.29, 1.82) is 0 Å². The third-order valence-corrected chi connectivity index (χ3v) is 5.41. The van der Waals surface area contributed by atoms with Crippen molar-refractivity contribution in [3.63, 3.8) is 0 Å². The lowest BCUT2D eigenvalue weighted by Crippen LogP contribution is -2.52. The normalized spacial score (nSPS) is 22.9. The molecule has 8 heteroatoms. The second kappa shape index (κ2) is 7.11. The van der Waals surface area contributed by atoms with Crippen LogP contribution >= 0.6 is 0 Å². The zero-order valence-electron chi connectivity index (χ0n) is 15.4. The molecule has 4 heterocycles. The van der Waals surface area contributed by atoms with Crippen LogP contribution in [0.15, 0.2) is 18.6 Å². The number of likely N-dealkylation sites (tertiary alicyclic amines) is 1. The Morgan fingerprint density at radius 1 is 1.31 bits per heavy atom. The standard InChI is InChI=1S/C18H26N6O2/c1-22(2)10-11-26-18(25)24-8-3-4-14-15(24)6-9-23(14)17-13-5-7-19-16(13)20-12-21-17/h5,7,12,14-15H,3-4,6,8-11H2,1-2H3,(H,19,20,21)/t14-,15-/m1/s1. The molecule has 2 fully saturated rings. The van der Waals surface area contributed by atoms with E-state index in [0.717, 1.165) is 55.7 Å². The molecule has 0 aliphatic carbocycles. The zero-order chi connectivity index (χ0) is 18.1. The van der Waals surface area contributed by atoms with Gasteiger partial charge in [0.2, 0.25) is 0 Å². The summed E-state index contributed by atoms with van der Waals surface area (Å²) in [6.45, 7) is 2.85. The molecular weight excluding hydrogens is 332 g/mol. The van der Waals surface area contributed by atoms with Gasteiger partial charge in [-0.3, -0.25) is 0 Å². The highest BCUT2D eigenvalue weighted by molar-refractivity contribution is 5.87. The summed E-state index contributed by atoms with van der Waals surface area (Å²) in [6, 6.07) is 2.51. The molecule has 1 amide bonds. The number of likely N-dealkylation sites (N-methyl/N-ethyl adjacent to an activating group) is 1. The fraction of sp³-hybridized carbons (Fsp3) is 0.611. The number of rotatable bonds is 4. The lowest BCUT2D eigenvalue weighted by atomic mass is 9.97. The Morgan fingerprint density at radius 3 is 3.04 bits per heavy atom. The van der Waals surface area contributed by atoms with Crippen LogP contribution in [0.4, 0.5) is 10.6 Å². The number of hydrogen-bond donors (Lipinski definition) is 1. The molecule has 0 spiro atoms. The van der Waals surface area contributed by atoms with E-state index in [0.29, 0.717) is 6.61 Å². The van der Waals surface area contributed by atoms with E-state index in [2.05, 4.69) is 19.9 Å². The van der Waals surface area contributed by atoms with Gasteiger partial charge < -0.3 is 24.4 Å². The Bertz CT molecular complexity index is 776. The van der Waals surface area contributed by atoms with Gasteiger partial charge in [0.15, 0.2) is 0 Å². The average molecular weight is 358 g/mol. The van der Waals surface area contributed by atoms with Crippen LogP contribution in [0, 0.1) is 0 Å². The minimum absolute atomic E-state index is 0.183. The van der Waals surface area contributed by atoms with Crippen LogP contribution in [0.3, 0.4) is 0 Å². The second-order valence-corrected chi connectivity index (χ2v) is 7.31. The lowest BCUT2D eigenvalue weighted by Gasteiger charge is -2.39. The summed E-state index contributed by atoms with van der Waals surface area (Å²) in [5, 5.41) is 1.04. The molecule has 0 radical (unpaired) electrons. The Hall–Kier alpha value is -2.35. The monoisotopic (exact) mass is 358 g/mol. The largest absolute Gasteiger partial charge is 0.448 e. The fourth-order valence-electron chi connectivity index (χ4n) is 4.16. The van der Waals surface area contributed by atoms with Crippen molar-refractivity contribution >= 4 is 22.9 Å². The van der Waals surface area contributed by atoms with Gasteiger partial charge in [0.05, 0.1) is 17.5 Å². The number of aromatic amines is 1. The van der Waals surface area contributed by atoms with E-state index in [4.69, 9.17) is 4.74 Å². The van der Waals surface area contributed by atoms with E-state index >= 15 is 0 Å². The highest BCUT2D eigenvalue weighted by Gasteiger charge is 2.43. The molecule has 140 valence electrons. The molecule has 2 aliphatic heterocycles. The Balaban J connectivity index is 1.50. The maximum atomic E-state index is 12.6. The zero-order valence-corrected chi connectivity index (χ0v) is 15.4. The molecule has 2 aromatic rings. The van der Waals surface area contributed by atoms with Crippen molar-refractivity contribution in [2.75, 3.05) is 45.2 Å². The summed E-state index contributed by atoms with van der Waals surface area (Å²) >= 11 is 0. The van der Waals surface area contributed by atoms with Crippen LogP contribution in [0.2, 0.25) is 0 Å². The first-order chi connectivity index (χ1) is 12.6. The molecule has 0 saturated carbocycles. The van der Waals surface area contributed by atoms with E-state index < -0.39 is 0 Å². The average Bonchev–Trinajstić information content (AvgIpc) is 3.27. The first kappa shape index (κ1) is 17.1. The number of hydrogen-bond acceptors (Lipinski definition) is 6. The van der Waals surface area contributed by atoms with Crippen LogP contribution < -0.4 is 4.90 Å². The summed E-state index contributed by atoms with van der Waals surface area (Å²) in [6.07, 6.45) is 6.33. The van der Waals surface area contributed by atoms with Gasteiger partial charge in [-0.05, 0) is 39.4 Å². The van der Waals surface area contributed by atoms with Gasteiger partial charge in [-0.15, -0.1) is 0 Å². The second-order valence-electron chi connectivity index (χ2n) is 7.31. The number of nitrogens with one attached hydrogen (secondary N) is 1. The molecule has 4 rings (SSSR count). The molecule has 2 aliphatic rings. The van der Waals surface area contributed by atoms with Gasteiger partial charge in [-0.1, -0.05) is 0 Å². The maximum Gasteiger partial charge on any atom is 0.410 e. The summed E-state index contributed by atoms with van der Waals surface area (Å²) in [7, 11) is 3.95. The number of fused-ring (bicyclic) bond motifs is 2. The van der Waals surface area contributed by atoms with E-state index in [-0.39, 0.29) is 18.2 Å². The van der Waals surface area contributed by atoms with E-state index in [9.17, 15) is 4.79 Å². The van der Waals surface area contributed by atoms with Gasteiger partial charge >= 0.3 is 6.09 Å². The van der Waals surface area contributed by atoms with Gasteiger partial charge in [0.25, 0.3) is 0 Å². The topological polar surface area (TPSA) is 77.6 Å². The first-order valence-electron chi connectivity index (χ1n) is 9.28. The molecule has 2 aromatic heterocycles. The molecule has 8 nitrogen and oxygen atoms in total. The quantitative estimate of drug-likeness (QED) is 0.896. The SMILES string of the molecule is CN(C)CCOC(=O)N1CCC[C@@H]2[C@H]1CCN2c1ncnc2[nH]ccc12. The number of carbonyl (C=O) groups excluding carboxylic acids is 1. The minimum atomic E-state index is -0.183. The Kier molecular flexibility index (Phi) is 4.67. The maximum absolute atomic E-state index is 12.6. The molecule has 2 atom stereocenters. The third-order valence-electron chi connectivity index (χ3n) is 5.41. The van der Waals surface area contributed by atoms with E-state index in [1.807, 2.05) is 36.2 Å².